The molecule has 4 heterocycles. The molecule has 0 atom stereocenters. The Kier molecular flexibility index (Phi) is 7.02. The summed E-state index contributed by atoms with van der Waals surface area (Å²) in [5, 5.41) is 5.16. The molecule has 5 heteroatoms. The quantitative estimate of drug-likeness (QED) is 0.169. The standard InChI is InChI=1S/C22H15N3.C14H14N.Ir/c1-23-12-13-24(14-23)19-10-5-11-20-21(19)17-8-4-7-16-15-6-2-3-9-18(15)25(20)22(16)17;1-10-4-6-13(7-5-10)14-8-11(2)12(3)9-15-14;/h2-9,11-14H,1H3;4-6,8-9H,1-3H3;/q-2;-1;+3. The summed E-state index contributed by atoms with van der Waals surface area (Å²) in [4.78, 5) is 8.61. The number of nitrogens with zero attached hydrogens (tertiary/aromatic N) is 4. The van der Waals surface area contributed by atoms with E-state index in [4.69, 9.17) is 0 Å². The molecule has 1 aliphatic heterocycles. The van der Waals surface area contributed by atoms with Crippen LogP contribution >= 0.6 is 0 Å². The Morgan fingerprint density at radius 1 is 0.780 bits per heavy atom. The Morgan fingerprint density at radius 3 is 2.34 bits per heavy atom. The van der Waals surface area contributed by atoms with Crippen LogP contribution in [0.25, 0.3) is 49.4 Å². The fourth-order valence-electron chi connectivity index (χ4n) is 5.62. The zero-order chi connectivity index (χ0) is 27.4. The van der Waals surface area contributed by atoms with Crippen molar-refractivity contribution in [3.05, 3.63) is 133 Å². The van der Waals surface area contributed by atoms with E-state index in [1.807, 2.05) is 25.4 Å². The van der Waals surface area contributed by atoms with Crippen LogP contribution in [-0.4, -0.2) is 21.3 Å². The minimum Gasteiger partial charge on any atom is -0.510 e. The molecule has 0 N–H and O–H groups in total. The van der Waals surface area contributed by atoms with Gasteiger partial charge in [-0.3, -0.25) is 0 Å². The van der Waals surface area contributed by atoms with Crippen LogP contribution in [0.15, 0.2) is 97.5 Å². The van der Waals surface area contributed by atoms with Crippen LogP contribution in [0.2, 0.25) is 0 Å². The first-order valence-electron chi connectivity index (χ1n) is 13.5. The van der Waals surface area contributed by atoms with Crippen molar-refractivity contribution < 1.29 is 20.1 Å². The summed E-state index contributed by atoms with van der Waals surface area (Å²) in [6.45, 7) is 8.33. The Morgan fingerprint density at radius 2 is 1.59 bits per heavy atom. The smallest absolute Gasteiger partial charge is 0.510 e. The third kappa shape index (κ3) is 4.56. The number of anilines is 1. The number of pyridine rings is 1. The summed E-state index contributed by atoms with van der Waals surface area (Å²) < 4.78 is 2.40. The van der Waals surface area contributed by atoms with Gasteiger partial charge in [-0.15, -0.1) is 41.5 Å². The average Bonchev–Trinajstić information content (AvgIpc) is 3.66. The molecule has 4 nitrogen and oxygen atoms in total. The van der Waals surface area contributed by atoms with Crippen LogP contribution in [0.4, 0.5) is 5.69 Å². The second-order valence-corrected chi connectivity index (χ2v) is 10.6. The third-order valence-corrected chi connectivity index (χ3v) is 7.80. The van der Waals surface area contributed by atoms with Crippen LogP contribution in [-0.2, 0) is 20.1 Å². The van der Waals surface area contributed by atoms with Crippen molar-refractivity contribution in [2.75, 3.05) is 11.9 Å². The van der Waals surface area contributed by atoms with E-state index in [-0.39, 0.29) is 20.1 Å². The molecule has 41 heavy (non-hydrogen) atoms. The topological polar surface area (TPSA) is 23.8 Å². The fourth-order valence-corrected chi connectivity index (χ4v) is 5.62. The minimum atomic E-state index is 0. The molecule has 3 aromatic heterocycles. The van der Waals surface area contributed by atoms with E-state index in [0.29, 0.717) is 0 Å². The van der Waals surface area contributed by atoms with E-state index >= 15 is 0 Å². The first kappa shape index (κ1) is 27.0. The molecule has 0 aliphatic carbocycles. The summed E-state index contributed by atoms with van der Waals surface area (Å²) in [7, 11) is 2.04. The van der Waals surface area contributed by atoms with Gasteiger partial charge >= 0.3 is 20.1 Å². The van der Waals surface area contributed by atoms with Gasteiger partial charge in [-0.1, -0.05) is 71.5 Å². The molecule has 0 saturated heterocycles. The Hall–Kier alpha value is -4.18. The number of aromatic nitrogens is 2. The van der Waals surface area contributed by atoms with Crippen LogP contribution < -0.4 is 4.90 Å². The number of hydrogen-bond acceptors (Lipinski definition) is 3. The molecule has 0 spiro atoms. The largest absolute Gasteiger partial charge is 3.00 e. The maximum atomic E-state index is 4.41. The predicted molar refractivity (Wildman–Crippen MR) is 166 cm³/mol. The van der Waals surface area contributed by atoms with Crippen molar-refractivity contribution in [2.24, 2.45) is 0 Å². The zero-order valence-electron chi connectivity index (χ0n) is 23.4. The number of aryl methyl sites for hydroxylation is 3. The van der Waals surface area contributed by atoms with Gasteiger partial charge in [0.05, 0.1) is 5.52 Å². The number of hydrogen-bond donors (Lipinski definition) is 0. The van der Waals surface area contributed by atoms with Gasteiger partial charge in [0.15, 0.2) is 0 Å². The Labute approximate surface area is 254 Å². The molecular weight excluding hydrogens is 681 g/mol. The molecule has 1 aliphatic rings. The van der Waals surface area contributed by atoms with Crippen molar-refractivity contribution in [1.82, 2.24) is 14.3 Å². The molecule has 0 amide bonds. The van der Waals surface area contributed by atoms with Crippen LogP contribution in [0.5, 0.6) is 0 Å². The molecule has 7 aromatic rings. The Bertz CT molecular complexity index is 2040. The fraction of sp³-hybridized carbons (Fsp3) is 0.111. The first-order valence-corrected chi connectivity index (χ1v) is 13.5. The summed E-state index contributed by atoms with van der Waals surface area (Å²) in [5.41, 5.74) is 10.7. The SMILES string of the molecule is CN1C=CN(c2[c-]ccc3c2c2cccc4c5ccccc5n3c42)[CH-]1.Cc1c[c-]c(-c2cc(C)c(C)cn2)cc1.[Ir+3]. The molecule has 8 rings (SSSR count). The van der Waals surface area contributed by atoms with E-state index in [2.05, 4.69) is 138 Å². The van der Waals surface area contributed by atoms with E-state index in [0.717, 1.165) is 16.9 Å². The van der Waals surface area contributed by atoms with Crippen LogP contribution in [0.3, 0.4) is 0 Å². The van der Waals surface area contributed by atoms with Gasteiger partial charge < -0.3 is 19.2 Å². The monoisotopic (exact) mass is 710 g/mol. The summed E-state index contributed by atoms with van der Waals surface area (Å²) in [6.07, 6.45) is 6.05. The number of fused-ring (bicyclic) bond motifs is 6. The molecule has 4 aromatic carbocycles. The summed E-state index contributed by atoms with van der Waals surface area (Å²) in [6, 6.07) is 34.4. The molecule has 0 fully saturated rings. The van der Waals surface area contributed by atoms with Crippen molar-refractivity contribution in [1.29, 1.82) is 0 Å². The predicted octanol–water partition coefficient (Wildman–Crippen LogP) is 8.45. The molecular formula is C36H29IrN4. The van der Waals surface area contributed by atoms with E-state index in [9.17, 15) is 0 Å². The van der Waals surface area contributed by atoms with Crippen molar-refractivity contribution in [3.8, 4) is 11.3 Å². The molecule has 0 unspecified atom stereocenters. The molecule has 0 radical (unpaired) electrons. The van der Waals surface area contributed by atoms with Gasteiger partial charge in [0.25, 0.3) is 0 Å². The van der Waals surface area contributed by atoms with E-state index < -0.39 is 0 Å². The first-order chi connectivity index (χ1) is 19.5. The van der Waals surface area contributed by atoms with E-state index in [1.54, 1.807) is 0 Å². The maximum absolute atomic E-state index is 4.41. The third-order valence-electron chi connectivity index (χ3n) is 7.80. The van der Waals surface area contributed by atoms with Gasteiger partial charge in [0.2, 0.25) is 0 Å². The zero-order valence-corrected chi connectivity index (χ0v) is 25.8. The van der Waals surface area contributed by atoms with Gasteiger partial charge in [0, 0.05) is 22.5 Å². The molecule has 202 valence electrons. The van der Waals surface area contributed by atoms with Crippen molar-refractivity contribution in [3.63, 3.8) is 0 Å². The molecule has 0 saturated carbocycles. The van der Waals surface area contributed by atoms with Crippen molar-refractivity contribution >= 4 is 43.8 Å². The number of para-hydroxylation sites is 2. The normalized spacial score (nSPS) is 12.9. The number of rotatable bonds is 2. The van der Waals surface area contributed by atoms with Gasteiger partial charge in [-0.2, -0.15) is 18.8 Å². The number of benzene rings is 4. The van der Waals surface area contributed by atoms with E-state index in [1.165, 1.54) is 54.8 Å². The van der Waals surface area contributed by atoms with Crippen LogP contribution in [0, 0.1) is 39.6 Å². The van der Waals surface area contributed by atoms with Crippen molar-refractivity contribution in [2.45, 2.75) is 20.8 Å². The Balaban J connectivity index is 0.000000164. The average molecular weight is 710 g/mol. The van der Waals surface area contributed by atoms with Gasteiger partial charge in [-0.25, -0.2) is 0 Å². The maximum Gasteiger partial charge on any atom is 3.00 e. The second-order valence-electron chi connectivity index (χ2n) is 10.6. The van der Waals surface area contributed by atoms with Crippen LogP contribution in [0.1, 0.15) is 16.7 Å². The van der Waals surface area contributed by atoms with Gasteiger partial charge in [0.1, 0.15) is 0 Å². The minimum absolute atomic E-state index is 0. The molecule has 0 bridgehead atoms. The van der Waals surface area contributed by atoms with Gasteiger partial charge in [-0.05, 0) is 56.0 Å². The summed E-state index contributed by atoms with van der Waals surface area (Å²) in [5.74, 6) is 0. The second kappa shape index (κ2) is 10.7. The summed E-state index contributed by atoms with van der Waals surface area (Å²) >= 11 is 0.